The molecular formula is C25H30N6O6. The molecule has 1 atom stereocenters. The number of para-hydroxylation sites is 1. The van der Waals surface area contributed by atoms with Crippen LogP contribution in [0.5, 0.6) is 5.75 Å². The van der Waals surface area contributed by atoms with Gasteiger partial charge in [-0.25, -0.2) is 19.8 Å². The van der Waals surface area contributed by atoms with Gasteiger partial charge in [-0.1, -0.05) is 37.3 Å². The van der Waals surface area contributed by atoms with Gasteiger partial charge in [0.25, 0.3) is 5.91 Å². The quantitative estimate of drug-likeness (QED) is 0.174. The van der Waals surface area contributed by atoms with Gasteiger partial charge in [0, 0.05) is 5.56 Å². The molecule has 0 aliphatic carbocycles. The highest BCUT2D eigenvalue weighted by Crippen LogP contribution is 2.17. The van der Waals surface area contributed by atoms with Crippen LogP contribution in [0.4, 0.5) is 4.79 Å². The first-order chi connectivity index (χ1) is 17.8. The molecule has 0 spiro atoms. The standard InChI is InChI=1S/C25H30N6O6/c1-16(2)12-21(23(32)29-35)27-25(34)26-13-19-14-31(30-28-19)22-7-5-4-6-18(22)15-37-24(33)17-8-10-20(36-3)11-9-17/h4-11,14,16,21,35H,12-13,15H2,1-3H3,(H,29,32)(H2,26,27,34)/t21-/m0/s1. The Balaban J connectivity index is 1.60. The number of rotatable bonds is 11. The molecule has 4 N–H and O–H groups in total. The third-order valence-corrected chi connectivity index (χ3v) is 5.33. The van der Waals surface area contributed by atoms with Crippen molar-refractivity contribution < 1.29 is 29.1 Å². The van der Waals surface area contributed by atoms with Gasteiger partial charge in [0.2, 0.25) is 0 Å². The molecule has 12 nitrogen and oxygen atoms in total. The molecule has 0 aliphatic rings. The number of aromatic nitrogens is 3. The summed E-state index contributed by atoms with van der Waals surface area (Å²) >= 11 is 0. The molecular weight excluding hydrogens is 480 g/mol. The van der Waals surface area contributed by atoms with Crippen LogP contribution >= 0.6 is 0 Å². The zero-order valence-electron chi connectivity index (χ0n) is 20.8. The van der Waals surface area contributed by atoms with Crippen LogP contribution in [0.2, 0.25) is 0 Å². The first-order valence-electron chi connectivity index (χ1n) is 11.6. The fraction of sp³-hybridized carbons (Fsp3) is 0.320. The van der Waals surface area contributed by atoms with E-state index in [1.165, 1.54) is 4.68 Å². The Bertz CT molecular complexity index is 1210. The van der Waals surface area contributed by atoms with E-state index in [9.17, 15) is 14.4 Å². The average Bonchev–Trinajstić information content (AvgIpc) is 3.38. The summed E-state index contributed by atoms with van der Waals surface area (Å²) in [6.07, 6.45) is 1.99. The Morgan fingerprint density at radius 3 is 2.49 bits per heavy atom. The van der Waals surface area contributed by atoms with Crippen LogP contribution in [0.25, 0.3) is 5.69 Å². The number of methoxy groups -OCH3 is 1. The highest BCUT2D eigenvalue weighted by molar-refractivity contribution is 5.89. The summed E-state index contributed by atoms with van der Waals surface area (Å²) < 4.78 is 12.1. The number of nitrogens with one attached hydrogen (secondary N) is 3. The van der Waals surface area contributed by atoms with E-state index in [4.69, 9.17) is 14.7 Å². The third kappa shape index (κ3) is 7.77. The summed E-state index contributed by atoms with van der Waals surface area (Å²) in [6, 6.07) is 12.4. The van der Waals surface area contributed by atoms with Crippen LogP contribution in [0.1, 0.15) is 41.9 Å². The van der Waals surface area contributed by atoms with Gasteiger partial charge in [0.1, 0.15) is 24.1 Å². The molecule has 196 valence electrons. The summed E-state index contributed by atoms with van der Waals surface area (Å²) in [5.74, 6) is -0.406. The Morgan fingerprint density at radius 1 is 1.08 bits per heavy atom. The van der Waals surface area contributed by atoms with Crippen molar-refractivity contribution in [1.29, 1.82) is 0 Å². The summed E-state index contributed by atoms with van der Waals surface area (Å²) in [4.78, 5) is 36.5. The SMILES string of the molecule is COc1ccc(C(=O)OCc2ccccc2-n2cc(CNC(=O)N[C@@H](CC(C)C)C(=O)NO)nn2)cc1. The molecule has 0 aliphatic heterocycles. The number of urea groups is 1. The number of carbonyl (C=O) groups excluding carboxylic acids is 3. The summed E-state index contributed by atoms with van der Waals surface area (Å²) in [7, 11) is 1.55. The Hall–Kier alpha value is -4.45. The van der Waals surface area contributed by atoms with Crippen molar-refractivity contribution in [2.24, 2.45) is 5.92 Å². The first kappa shape index (κ1) is 27.1. The molecule has 1 aromatic heterocycles. The minimum Gasteiger partial charge on any atom is -0.497 e. The lowest BCUT2D eigenvalue weighted by Gasteiger charge is -2.18. The largest absolute Gasteiger partial charge is 0.497 e. The van der Waals surface area contributed by atoms with Crippen LogP contribution < -0.4 is 20.9 Å². The van der Waals surface area contributed by atoms with Crippen molar-refractivity contribution >= 4 is 17.9 Å². The van der Waals surface area contributed by atoms with Crippen molar-refractivity contribution in [3.63, 3.8) is 0 Å². The van der Waals surface area contributed by atoms with Crippen LogP contribution in [-0.2, 0) is 22.7 Å². The molecule has 3 amide bonds. The number of carbonyl (C=O) groups is 3. The van der Waals surface area contributed by atoms with Crippen molar-refractivity contribution in [2.45, 2.75) is 39.5 Å². The highest BCUT2D eigenvalue weighted by Gasteiger charge is 2.21. The topological polar surface area (TPSA) is 157 Å². The number of amides is 3. The van der Waals surface area contributed by atoms with E-state index >= 15 is 0 Å². The molecule has 12 heteroatoms. The second-order valence-electron chi connectivity index (χ2n) is 8.57. The fourth-order valence-corrected chi connectivity index (χ4v) is 3.47. The average molecular weight is 511 g/mol. The Labute approximate surface area is 213 Å². The molecule has 2 aromatic carbocycles. The first-order valence-corrected chi connectivity index (χ1v) is 11.6. The minimum absolute atomic E-state index is 0.0149. The number of ether oxygens (including phenoxy) is 2. The monoisotopic (exact) mass is 510 g/mol. The molecule has 0 radical (unpaired) electrons. The van der Waals surface area contributed by atoms with Gasteiger partial charge in [-0.2, -0.15) is 0 Å². The zero-order valence-corrected chi connectivity index (χ0v) is 20.8. The maximum atomic E-state index is 12.4. The number of nitrogens with zero attached hydrogens (tertiary/aromatic N) is 3. The van der Waals surface area contributed by atoms with E-state index in [-0.39, 0.29) is 19.1 Å². The molecule has 0 unspecified atom stereocenters. The molecule has 0 fully saturated rings. The highest BCUT2D eigenvalue weighted by atomic mass is 16.5. The number of hydrogen-bond donors (Lipinski definition) is 4. The molecule has 0 saturated heterocycles. The second-order valence-corrected chi connectivity index (χ2v) is 8.57. The predicted octanol–water partition coefficient (Wildman–Crippen LogP) is 2.35. The fourth-order valence-electron chi connectivity index (χ4n) is 3.47. The maximum Gasteiger partial charge on any atom is 0.338 e. The van der Waals surface area contributed by atoms with E-state index in [1.807, 2.05) is 32.0 Å². The Kier molecular flexibility index (Phi) is 9.55. The number of esters is 1. The van der Waals surface area contributed by atoms with Gasteiger partial charge in [-0.15, -0.1) is 5.10 Å². The molecule has 3 rings (SSSR count). The summed E-state index contributed by atoms with van der Waals surface area (Å²) in [5, 5.41) is 22.2. The summed E-state index contributed by atoms with van der Waals surface area (Å²) in [6.45, 7) is 3.86. The van der Waals surface area contributed by atoms with E-state index in [1.54, 1.807) is 49.1 Å². The van der Waals surface area contributed by atoms with Gasteiger partial charge in [0.05, 0.1) is 31.1 Å². The van der Waals surface area contributed by atoms with Gasteiger partial charge in [-0.05, 0) is 42.7 Å². The molecule has 3 aromatic rings. The van der Waals surface area contributed by atoms with Gasteiger partial charge in [0.15, 0.2) is 0 Å². The molecule has 37 heavy (non-hydrogen) atoms. The molecule has 0 saturated carbocycles. The van der Waals surface area contributed by atoms with Gasteiger partial charge in [-0.3, -0.25) is 10.0 Å². The number of benzene rings is 2. The van der Waals surface area contributed by atoms with Crippen LogP contribution in [-0.4, -0.2) is 51.3 Å². The van der Waals surface area contributed by atoms with Gasteiger partial charge < -0.3 is 20.1 Å². The van der Waals surface area contributed by atoms with Gasteiger partial charge >= 0.3 is 12.0 Å². The Morgan fingerprint density at radius 2 is 1.81 bits per heavy atom. The minimum atomic E-state index is -0.881. The van der Waals surface area contributed by atoms with Crippen LogP contribution in [0.3, 0.4) is 0 Å². The lowest BCUT2D eigenvalue weighted by Crippen LogP contribution is -2.49. The van der Waals surface area contributed by atoms with E-state index in [0.717, 1.165) is 0 Å². The molecule has 0 bridgehead atoms. The van der Waals surface area contributed by atoms with Crippen molar-refractivity contribution in [3.8, 4) is 11.4 Å². The zero-order chi connectivity index (χ0) is 26.8. The number of hydroxylamine groups is 1. The molecule has 1 heterocycles. The second kappa shape index (κ2) is 13.0. The van der Waals surface area contributed by atoms with E-state index in [0.29, 0.717) is 34.7 Å². The smallest absolute Gasteiger partial charge is 0.338 e. The van der Waals surface area contributed by atoms with Crippen molar-refractivity contribution in [1.82, 2.24) is 31.1 Å². The van der Waals surface area contributed by atoms with Crippen LogP contribution in [0, 0.1) is 5.92 Å². The predicted molar refractivity (Wildman–Crippen MR) is 132 cm³/mol. The summed E-state index contributed by atoms with van der Waals surface area (Å²) in [5.41, 5.74) is 3.79. The van der Waals surface area contributed by atoms with E-state index < -0.39 is 23.9 Å². The number of hydrogen-bond acceptors (Lipinski definition) is 8. The van der Waals surface area contributed by atoms with E-state index in [2.05, 4.69) is 20.9 Å². The van der Waals surface area contributed by atoms with Crippen molar-refractivity contribution in [2.75, 3.05) is 7.11 Å². The lowest BCUT2D eigenvalue weighted by molar-refractivity contribution is -0.131. The maximum absolute atomic E-state index is 12.4. The lowest BCUT2D eigenvalue weighted by atomic mass is 10.0. The van der Waals surface area contributed by atoms with Crippen molar-refractivity contribution in [3.05, 3.63) is 71.5 Å². The third-order valence-electron chi connectivity index (χ3n) is 5.33. The normalized spacial score (nSPS) is 11.5. The van der Waals surface area contributed by atoms with Crippen LogP contribution in [0.15, 0.2) is 54.7 Å².